The van der Waals surface area contributed by atoms with E-state index in [1.807, 2.05) is 19.1 Å². The molecule has 1 heterocycles. The van der Waals surface area contributed by atoms with Crippen molar-refractivity contribution >= 4 is 39.6 Å². The van der Waals surface area contributed by atoms with Crippen LogP contribution < -0.4 is 11.1 Å². The maximum atomic E-state index is 12.5. The van der Waals surface area contributed by atoms with Gasteiger partial charge >= 0.3 is 5.97 Å². The monoisotopic (exact) mass is 331 g/mol. The van der Waals surface area contributed by atoms with Crippen molar-refractivity contribution < 1.29 is 14.3 Å². The Bertz CT molecular complexity index is 750. The molecule has 23 heavy (non-hydrogen) atoms. The van der Waals surface area contributed by atoms with Crippen LogP contribution in [0.2, 0.25) is 0 Å². The van der Waals surface area contributed by atoms with Gasteiger partial charge in [-0.15, -0.1) is 11.3 Å². The first-order chi connectivity index (χ1) is 10.9. The minimum Gasteiger partial charge on any atom is -0.461 e. The first-order valence-corrected chi connectivity index (χ1v) is 7.83. The van der Waals surface area contributed by atoms with Crippen molar-refractivity contribution in [1.82, 2.24) is 0 Å². The van der Waals surface area contributed by atoms with Crippen molar-refractivity contribution in [2.75, 3.05) is 17.7 Å². The SMILES string of the molecule is CCOC(=O)C(=N)c1csc(N)c1C(=O)Nc1ccc(C)cc1. The molecule has 0 atom stereocenters. The zero-order valence-electron chi connectivity index (χ0n) is 12.8. The Hall–Kier alpha value is -2.67. The Morgan fingerprint density at radius 1 is 1.30 bits per heavy atom. The smallest absolute Gasteiger partial charge is 0.356 e. The molecule has 0 bridgehead atoms. The van der Waals surface area contributed by atoms with Crippen LogP contribution in [-0.2, 0) is 9.53 Å². The zero-order chi connectivity index (χ0) is 17.0. The molecule has 0 aliphatic rings. The quantitative estimate of drug-likeness (QED) is 0.578. The summed E-state index contributed by atoms with van der Waals surface area (Å²) in [6.07, 6.45) is 0. The van der Waals surface area contributed by atoms with Gasteiger partial charge in [0.15, 0.2) is 0 Å². The number of carbonyl (C=O) groups excluding carboxylic acids is 2. The van der Waals surface area contributed by atoms with Gasteiger partial charge in [0.25, 0.3) is 5.91 Å². The molecule has 120 valence electrons. The second-order valence-corrected chi connectivity index (χ2v) is 5.72. The molecule has 2 rings (SSSR count). The molecule has 1 aromatic heterocycles. The van der Waals surface area contributed by atoms with Gasteiger partial charge in [-0.1, -0.05) is 17.7 Å². The van der Waals surface area contributed by atoms with Gasteiger partial charge in [0.1, 0.15) is 5.71 Å². The van der Waals surface area contributed by atoms with E-state index in [0.29, 0.717) is 5.69 Å². The fraction of sp³-hybridized carbons (Fsp3) is 0.188. The molecule has 0 aliphatic heterocycles. The van der Waals surface area contributed by atoms with Gasteiger partial charge in [-0.25, -0.2) is 4.79 Å². The molecule has 0 unspecified atom stereocenters. The molecule has 0 aliphatic carbocycles. The summed E-state index contributed by atoms with van der Waals surface area (Å²) in [5.74, 6) is -1.24. The van der Waals surface area contributed by atoms with E-state index < -0.39 is 11.9 Å². The number of anilines is 2. The van der Waals surface area contributed by atoms with E-state index in [1.54, 1.807) is 19.1 Å². The van der Waals surface area contributed by atoms with Gasteiger partial charge in [-0.3, -0.25) is 10.2 Å². The Balaban J connectivity index is 2.26. The van der Waals surface area contributed by atoms with E-state index >= 15 is 0 Å². The molecule has 2 aromatic rings. The van der Waals surface area contributed by atoms with Crippen molar-refractivity contribution in [2.24, 2.45) is 0 Å². The number of hydrogen-bond donors (Lipinski definition) is 3. The summed E-state index contributed by atoms with van der Waals surface area (Å²) in [6, 6.07) is 7.28. The van der Waals surface area contributed by atoms with Gasteiger partial charge in [0.05, 0.1) is 17.2 Å². The summed E-state index contributed by atoms with van der Waals surface area (Å²) in [5.41, 5.74) is 7.44. The molecule has 0 fully saturated rings. The predicted octanol–water partition coefficient (Wildman–Crippen LogP) is 2.82. The Labute approximate surface area is 137 Å². The summed E-state index contributed by atoms with van der Waals surface area (Å²) in [5, 5.41) is 12.4. The van der Waals surface area contributed by atoms with Crippen molar-refractivity contribution in [3.8, 4) is 0 Å². The Kier molecular flexibility index (Phi) is 5.13. The van der Waals surface area contributed by atoms with E-state index in [9.17, 15) is 9.59 Å². The number of benzene rings is 1. The third-order valence-electron chi connectivity index (χ3n) is 3.10. The molecule has 0 radical (unpaired) electrons. The van der Waals surface area contributed by atoms with Crippen LogP contribution >= 0.6 is 11.3 Å². The van der Waals surface area contributed by atoms with Crippen LogP contribution in [0.1, 0.15) is 28.4 Å². The highest BCUT2D eigenvalue weighted by atomic mass is 32.1. The molecular weight excluding hydrogens is 314 g/mol. The second-order valence-electron chi connectivity index (χ2n) is 4.80. The van der Waals surface area contributed by atoms with Crippen LogP contribution in [0.4, 0.5) is 10.7 Å². The molecule has 6 nitrogen and oxygen atoms in total. The van der Waals surface area contributed by atoms with Crippen molar-refractivity contribution in [1.29, 1.82) is 5.41 Å². The minimum absolute atomic E-state index is 0.119. The maximum Gasteiger partial charge on any atom is 0.356 e. The molecular formula is C16H17N3O3S. The maximum absolute atomic E-state index is 12.5. The molecule has 0 saturated heterocycles. The Morgan fingerprint density at radius 3 is 2.57 bits per heavy atom. The van der Waals surface area contributed by atoms with Gasteiger partial charge in [-0.05, 0) is 26.0 Å². The van der Waals surface area contributed by atoms with E-state index in [1.165, 1.54) is 5.38 Å². The lowest BCUT2D eigenvalue weighted by molar-refractivity contribution is -0.135. The number of nitrogen functional groups attached to an aromatic ring is 1. The lowest BCUT2D eigenvalue weighted by atomic mass is 10.1. The fourth-order valence-electron chi connectivity index (χ4n) is 1.93. The fourth-order valence-corrected chi connectivity index (χ4v) is 2.74. The van der Waals surface area contributed by atoms with Crippen LogP contribution in [0.3, 0.4) is 0 Å². The van der Waals surface area contributed by atoms with Crippen LogP contribution in [0.5, 0.6) is 0 Å². The average molecular weight is 331 g/mol. The van der Waals surface area contributed by atoms with Crippen molar-refractivity contribution in [3.05, 3.63) is 46.3 Å². The van der Waals surface area contributed by atoms with E-state index in [4.69, 9.17) is 15.9 Å². The van der Waals surface area contributed by atoms with Crippen molar-refractivity contribution in [3.63, 3.8) is 0 Å². The van der Waals surface area contributed by atoms with Crippen LogP contribution in [0.15, 0.2) is 29.6 Å². The normalized spacial score (nSPS) is 10.2. The highest BCUT2D eigenvalue weighted by molar-refractivity contribution is 7.14. The number of rotatable bonds is 5. The van der Waals surface area contributed by atoms with E-state index in [0.717, 1.165) is 16.9 Å². The first kappa shape index (κ1) is 16.7. The number of hydrogen-bond acceptors (Lipinski definition) is 6. The number of thiophene rings is 1. The van der Waals surface area contributed by atoms with Gasteiger partial charge in [-0.2, -0.15) is 0 Å². The molecule has 4 N–H and O–H groups in total. The largest absolute Gasteiger partial charge is 0.461 e. The van der Waals surface area contributed by atoms with Crippen LogP contribution in [-0.4, -0.2) is 24.2 Å². The third-order valence-corrected chi connectivity index (χ3v) is 3.92. The van der Waals surface area contributed by atoms with Gasteiger partial charge in [0, 0.05) is 16.6 Å². The summed E-state index contributed by atoms with van der Waals surface area (Å²) < 4.78 is 4.80. The molecule has 7 heteroatoms. The highest BCUT2D eigenvalue weighted by Gasteiger charge is 2.24. The summed E-state index contributed by atoms with van der Waals surface area (Å²) in [4.78, 5) is 24.2. The zero-order valence-corrected chi connectivity index (χ0v) is 13.6. The van der Waals surface area contributed by atoms with Crippen LogP contribution in [0.25, 0.3) is 0 Å². The van der Waals surface area contributed by atoms with E-state index in [2.05, 4.69) is 5.32 Å². The van der Waals surface area contributed by atoms with Crippen LogP contribution in [0, 0.1) is 12.3 Å². The topological polar surface area (TPSA) is 105 Å². The Morgan fingerprint density at radius 2 is 1.96 bits per heavy atom. The lowest BCUT2D eigenvalue weighted by Crippen LogP contribution is -2.22. The van der Waals surface area contributed by atoms with Crippen molar-refractivity contribution in [2.45, 2.75) is 13.8 Å². The van der Waals surface area contributed by atoms with E-state index in [-0.39, 0.29) is 28.4 Å². The van der Waals surface area contributed by atoms with Gasteiger partial charge < -0.3 is 15.8 Å². The number of carbonyl (C=O) groups is 2. The number of nitrogens with one attached hydrogen (secondary N) is 2. The molecule has 0 saturated carbocycles. The standard InChI is InChI=1S/C16H17N3O3S/c1-3-22-16(21)13(17)11-8-23-14(18)12(11)15(20)19-10-6-4-9(2)5-7-10/h4-8,17H,3,18H2,1-2H3,(H,19,20). The number of amides is 1. The second kappa shape index (κ2) is 7.06. The number of nitrogens with two attached hydrogens (primary N) is 1. The highest BCUT2D eigenvalue weighted by Crippen LogP contribution is 2.27. The number of aryl methyl sites for hydroxylation is 1. The summed E-state index contributed by atoms with van der Waals surface area (Å²) in [6.45, 7) is 3.76. The predicted molar refractivity (Wildman–Crippen MR) is 91.3 cm³/mol. The summed E-state index contributed by atoms with van der Waals surface area (Å²) in [7, 11) is 0. The number of ether oxygens (including phenoxy) is 1. The number of esters is 1. The molecule has 0 spiro atoms. The van der Waals surface area contributed by atoms with Gasteiger partial charge in [0.2, 0.25) is 0 Å². The lowest BCUT2D eigenvalue weighted by Gasteiger charge is -2.08. The molecule has 1 aromatic carbocycles. The minimum atomic E-state index is -0.783. The first-order valence-electron chi connectivity index (χ1n) is 6.95. The third kappa shape index (κ3) is 3.75. The average Bonchev–Trinajstić information content (AvgIpc) is 2.90. The molecule has 1 amide bonds. The summed E-state index contributed by atoms with van der Waals surface area (Å²) >= 11 is 1.10.